The van der Waals surface area contributed by atoms with Crippen molar-refractivity contribution in [3.63, 3.8) is 0 Å². The molecule has 0 fully saturated rings. The standard InChI is InChI=1S/C55H39N3/c1-35-14-12-24-46-44-21-8-9-23-47(44)54(53(35)46)55(56)40-17-13-20-43(31-40)58-51-25-11-10-22-45(51)49-33-39(27-29-52(49)58)38-26-28-50-48(32-38)36(2)30-37-15-6-7-16-41(37)34-57(50)42-18-4-3-5-19-42/h3-34H,2,56H2,1H3/b37-30-,41-34-,55-54-. The van der Waals surface area contributed by atoms with Crippen molar-refractivity contribution < 1.29 is 0 Å². The fraction of sp³-hybridized carbons (Fsp3) is 0.0182. The van der Waals surface area contributed by atoms with Crippen LogP contribution in [0.15, 0.2) is 189 Å². The van der Waals surface area contributed by atoms with Crippen molar-refractivity contribution in [2.24, 2.45) is 5.73 Å². The zero-order chi connectivity index (χ0) is 38.9. The third kappa shape index (κ3) is 5.28. The molecule has 274 valence electrons. The number of para-hydroxylation sites is 2. The number of aromatic nitrogens is 1. The minimum absolute atomic E-state index is 0.787. The zero-order valence-corrected chi connectivity index (χ0v) is 32.2. The van der Waals surface area contributed by atoms with Crippen LogP contribution >= 0.6 is 0 Å². The van der Waals surface area contributed by atoms with Crippen LogP contribution in [0.1, 0.15) is 27.8 Å². The summed E-state index contributed by atoms with van der Waals surface area (Å²) >= 11 is 0. The van der Waals surface area contributed by atoms with E-state index >= 15 is 0 Å². The van der Waals surface area contributed by atoms with Crippen LogP contribution in [-0.4, -0.2) is 4.57 Å². The van der Waals surface area contributed by atoms with E-state index in [0.717, 1.165) is 77.6 Å². The van der Waals surface area contributed by atoms with Crippen molar-refractivity contribution in [3.05, 3.63) is 227 Å². The quantitative estimate of drug-likeness (QED) is 0.195. The van der Waals surface area contributed by atoms with Crippen LogP contribution in [0.5, 0.6) is 0 Å². The van der Waals surface area contributed by atoms with Gasteiger partial charge in [0.1, 0.15) is 0 Å². The summed E-state index contributed by atoms with van der Waals surface area (Å²) < 4.78 is 2.38. The van der Waals surface area contributed by atoms with Gasteiger partial charge >= 0.3 is 0 Å². The number of benzene rings is 8. The van der Waals surface area contributed by atoms with Crippen LogP contribution in [0, 0.1) is 6.92 Å². The molecule has 8 aromatic carbocycles. The molecule has 0 radical (unpaired) electrons. The van der Waals surface area contributed by atoms with Gasteiger partial charge in [-0.2, -0.15) is 0 Å². The van der Waals surface area contributed by atoms with Gasteiger partial charge in [0.05, 0.1) is 16.7 Å². The highest BCUT2D eigenvalue weighted by Gasteiger charge is 2.27. The Labute approximate surface area is 337 Å². The van der Waals surface area contributed by atoms with Gasteiger partial charge in [-0.25, -0.2) is 0 Å². The number of aryl methyl sites for hydroxylation is 1. The lowest BCUT2D eigenvalue weighted by atomic mass is 9.95. The zero-order valence-electron chi connectivity index (χ0n) is 32.2. The van der Waals surface area contributed by atoms with Gasteiger partial charge in [-0.15, -0.1) is 0 Å². The van der Waals surface area contributed by atoms with E-state index in [9.17, 15) is 0 Å². The van der Waals surface area contributed by atoms with Crippen LogP contribution in [0.25, 0.3) is 78.9 Å². The van der Waals surface area contributed by atoms with Gasteiger partial charge in [-0.05, 0) is 123 Å². The number of nitrogens with two attached hydrogens (primary N) is 1. The Balaban J connectivity index is 1.05. The van der Waals surface area contributed by atoms with Gasteiger partial charge in [-0.1, -0.05) is 134 Å². The first-order valence-corrected chi connectivity index (χ1v) is 19.8. The predicted octanol–water partition coefficient (Wildman–Crippen LogP) is 12.0. The van der Waals surface area contributed by atoms with Gasteiger partial charge in [0.15, 0.2) is 0 Å². The number of nitrogens with zero attached hydrogens (tertiary/aromatic N) is 2. The van der Waals surface area contributed by atoms with Crippen molar-refractivity contribution in [1.82, 2.24) is 4.57 Å². The highest BCUT2D eigenvalue weighted by Crippen LogP contribution is 2.48. The molecule has 1 aromatic heterocycles. The van der Waals surface area contributed by atoms with Crippen LogP contribution < -0.4 is 21.1 Å². The number of rotatable bonds is 4. The van der Waals surface area contributed by atoms with Crippen molar-refractivity contribution >= 4 is 62.3 Å². The molecule has 2 heterocycles. The smallest absolute Gasteiger partial charge is 0.0541 e. The Morgan fingerprint density at radius 1 is 0.517 bits per heavy atom. The Hall–Kier alpha value is -7.62. The van der Waals surface area contributed by atoms with Crippen LogP contribution in [0.3, 0.4) is 0 Å². The van der Waals surface area contributed by atoms with E-state index in [1.54, 1.807) is 0 Å². The van der Waals surface area contributed by atoms with E-state index in [2.05, 4.69) is 217 Å². The Kier molecular flexibility index (Phi) is 7.70. The number of fused-ring (bicyclic) bond motifs is 8. The molecule has 0 unspecified atom stereocenters. The summed E-state index contributed by atoms with van der Waals surface area (Å²) in [6, 6.07) is 65.2. The van der Waals surface area contributed by atoms with E-state index in [-0.39, 0.29) is 0 Å². The molecule has 3 nitrogen and oxygen atoms in total. The largest absolute Gasteiger partial charge is 0.398 e. The van der Waals surface area contributed by atoms with E-state index < -0.39 is 0 Å². The lowest BCUT2D eigenvalue weighted by Gasteiger charge is -2.26. The summed E-state index contributed by atoms with van der Waals surface area (Å²) in [4.78, 5) is 2.29. The molecule has 1 aliphatic heterocycles. The summed E-state index contributed by atoms with van der Waals surface area (Å²) in [6.07, 6.45) is 4.44. The molecule has 0 atom stereocenters. The number of anilines is 2. The van der Waals surface area contributed by atoms with Crippen LogP contribution in [-0.2, 0) is 0 Å². The molecule has 0 spiro atoms. The molecular formula is C55H39N3. The third-order valence-corrected chi connectivity index (χ3v) is 11.9. The van der Waals surface area contributed by atoms with Crippen molar-refractivity contribution in [2.75, 3.05) is 4.90 Å². The van der Waals surface area contributed by atoms with E-state index in [0.29, 0.717) is 0 Å². The van der Waals surface area contributed by atoms with Gasteiger partial charge < -0.3 is 15.2 Å². The lowest BCUT2D eigenvalue weighted by molar-refractivity contribution is 1.18. The molecule has 2 N–H and O–H groups in total. The number of allylic oxidation sites excluding steroid dienone is 1. The molecule has 11 rings (SSSR count). The number of hydrogen-bond donors (Lipinski definition) is 1. The fourth-order valence-corrected chi connectivity index (χ4v) is 9.18. The third-order valence-electron chi connectivity index (χ3n) is 11.9. The maximum atomic E-state index is 7.23. The molecule has 0 saturated heterocycles. The Morgan fingerprint density at radius 3 is 2.07 bits per heavy atom. The van der Waals surface area contributed by atoms with Gasteiger partial charge in [-0.3, -0.25) is 0 Å². The second-order valence-electron chi connectivity index (χ2n) is 15.3. The maximum absolute atomic E-state index is 7.23. The molecular weight excluding hydrogens is 703 g/mol. The highest BCUT2D eigenvalue weighted by atomic mass is 15.1. The molecule has 58 heavy (non-hydrogen) atoms. The molecule has 0 saturated carbocycles. The average Bonchev–Trinajstić information content (AvgIpc) is 3.79. The first-order chi connectivity index (χ1) is 28.5. The average molecular weight is 742 g/mol. The van der Waals surface area contributed by atoms with Gasteiger partial charge in [0.25, 0.3) is 0 Å². The van der Waals surface area contributed by atoms with Gasteiger partial charge in [0, 0.05) is 50.7 Å². The predicted molar refractivity (Wildman–Crippen MR) is 245 cm³/mol. The monoisotopic (exact) mass is 741 g/mol. The summed E-state index contributed by atoms with van der Waals surface area (Å²) in [5, 5.41) is 4.70. The number of hydrogen-bond acceptors (Lipinski definition) is 2. The first-order valence-electron chi connectivity index (χ1n) is 19.8. The molecule has 1 aliphatic carbocycles. The van der Waals surface area contributed by atoms with Crippen LogP contribution in [0.2, 0.25) is 0 Å². The summed E-state index contributed by atoms with van der Waals surface area (Å²) in [5.74, 6) is 0. The minimum Gasteiger partial charge on any atom is -0.398 e. The van der Waals surface area contributed by atoms with E-state index in [1.165, 1.54) is 38.6 Å². The maximum Gasteiger partial charge on any atom is 0.0541 e. The SMILES string of the molecule is C=C1/C=c2/cccc/c2=C/N(c2ccccc2)c2ccc(-c3ccc4c(c3)c3ccccc3n4-c3cccc(/C(N)=C4\c5ccccc5-c5cccc(C)c54)c3)cc21. The van der Waals surface area contributed by atoms with Crippen molar-refractivity contribution in [3.8, 4) is 27.9 Å². The normalized spacial score (nSPS) is 15.0. The van der Waals surface area contributed by atoms with Crippen molar-refractivity contribution in [1.29, 1.82) is 0 Å². The topological polar surface area (TPSA) is 34.2 Å². The lowest BCUT2D eigenvalue weighted by Crippen LogP contribution is -2.29. The highest BCUT2D eigenvalue weighted by molar-refractivity contribution is 6.12. The fourth-order valence-electron chi connectivity index (χ4n) is 9.18. The Bertz CT molecular complexity index is 3330. The second kappa shape index (κ2) is 13.3. The summed E-state index contributed by atoms with van der Waals surface area (Å²) in [5.41, 5.74) is 26.2. The molecule has 3 heteroatoms. The summed E-state index contributed by atoms with van der Waals surface area (Å²) in [7, 11) is 0. The molecule has 0 bridgehead atoms. The van der Waals surface area contributed by atoms with Crippen LogP contribution in [0.4, 0.5) is 11.4 Å². The minimum atomic E-state index is 0.787. The summed E-state index contributed by atoms with van der Waals surface area (Å²) in [6.45, 7) is 6.79. The Morgan fingerprint density at radius 2 is 1.19 bits per heavy atom. The first kappa shape index (κ1) is 33.7. The molecule has 0 amide bonds. The van der Waals surface area contributed by atoms with Gasteiger partial charge in [0.2, 0.25) is 0 Å². The van der Waals surface area contributed by atoms with Crippen molar-refractivity contribution in [2.45, 2.75) is 6.92 Å². The van der Waals surface area contributed by atoms with E-state index in [1.807, 2.05) is 0 Å². The molecule has 9 aromatic rings. The second-order valence-corrected chi connectivity index (χ2v) is 15.3. The molecule has 2 aliphatic rings. The van der Waals surface area contributed by atoms with E-state index in [4.69, 9.17) is 5.73 Å².